The second kappa shape index (κ2) is 27.3. The van der Waals surface area contributed by atoms with E-state index in [0.717, 1.165) is 53.1 Å². The molecule has 476 valence electrons. The second-order valence-corrected chi connectivity index (χ2v) is 27.1. The molecular formula is C66H79N11O11S2. The van der Waals surface area contributed by atoms with Crippen LogP contribution in [0.4, 0.5) is 5.69 Å². The number of ether oxygens (including phenoxy) is 4. The normalized spacial score (nSPS) is 17.4. The number of imidazole rings is 1. The summed E-state index contributed by atoms with van der Waals surface area (Å²) in [6, 6.07) is 23.3. The number of pyridine rings is 1. The number of aromatic nitrogens is 6. The van der Waals surface area contributed by atoms with E-state index in [1.807, 2.05) is 91.5 Å². The molecule has 0 bridgehead atoms. The highest BCUT2D eigenvalue weighted by Crippen LogP contribution is 2.40. The molecule has 1 saturated heterocycles. The predicted octanol–water partition coefficient (Wildman–Crippen LogP) is 9.44. The van der Waals surface area contributed by atoms with Gasteiger partial charge in [0.15, 0.2) is 5.75 Å². The quantitative estimate of drug-likeness (QED) is 0.0389. The molecule has 2 fully saturated rings. The topological polar surface area (TPSA) is 256 Å². The van der Waals surface area contributed by atoms with Gasteiger partial charge in [0.05, 0.1) is 69.3 Å². The van der Waals surface area contributed by atoms with Crippen LogP contribution in [0.3, 0.4) is 0 Å². The summed E-state index contributed by atoms with van der Waals surface area (Å²) < 4.78 is 60.7. The van der Waals surface area contributed by atoms with Crippen molar-refractivity contribution in [2.24, 2.45) is 19.5 Å². The Bertz CT molecular complexity index is 4070. The number of β-amino-alcohol motifs (C(OH)–C–C–N with tert-alkyl or cyclic N) is 1. The summed E-state index contributed by atoms with van der Waals surface area (Å²) in [7, 11) is 2.88. The lowest BCUT2D eigenvalue weighted by Crippen LogP contribution is -2.50. The zero-order valence-corrected chi connectivity index (χ0v) is 54.1. The standard InChI is InChI=1S/C66H79N11O11S2/c1-11-24-85-49-31-50(86-25-13-12-23-73(7)8)33-52(32-49)87-58-35-56-55(74(9)65(82)75(56)10)34-54(58)72-90(83,84)53-16-14-15-45(26-53)62(79)71-47-28-51(29-47)88-59-27-44(21-22-67-59)46-36-69-77(37-46)61(66(4,5)6)64(81)76-38-48(78)30-57(76)63(80)70-40(2)42-17-19-43(20-18-42)60-41(3)68-39-89-60/h14-22,26-27,31-37,39-40,47-48,51,57,61,72,78H,11-13,23-25,28-30,38H2,1-10H3,(H,70,80)(H,71,79)/t40-,47-,48+,51+,57-,61+/m0/s1. The number of rotatable bonds is 25. The van der Waals surface area contributed by atoms with Gasteiger partial charge in [-0.25, -0.2) is 23.2 Å². The molecule has 90 heavy (non-hydrogen) atoms. The monoisotopic (exact) mass is 1270 g/mol. The highest BCUT2D eigenvalue weighted by Gasteiger charge is 2.45. The zero-order valence-electron chi connectivity index (χ0n) is 52.4. The van der Waals surface area contributed by atoms with Gasteiger partial charge in [0.25, 0.3) is 15.9 Å². The smallest absolute Gasteiger partial charge is 0.328 e. The number of amides is 3. The van der Waals surface area contributed by atoms with Gasteiger partial charge in [0, 0.05) is 99.8 Å². The number of nitrogens with zero attached hydrogens (tertiary/aromatic N) is 8. The van der Waals surface area contributed by atoms with Crippen LogP contribution in [0.1, 0.15) is 107 Å². The first-order chi connectivity index (χ1) is 42.9. The molecule has 0 spiro atoms. The van der Waals surface area contributed by atoms with Gasteiger partial charge in [-0.1, -0.05) is 58.0 Å². The van der Waals surface area contributed by atoms with Gasteiger partial charge in [-0.2, -0.15) is 5.10 Å². The lowest BCUT2D eigenvalue weighted by atomic mass is 9.85. The maximum atomic E-state index is 14.7. The number of carbonyl (C=O) groups excluding carboxylic acids is 3. The molecule has 4 aromatic heterocycles. The van der Waals surface area contributed by atoms with E-state index in [1.165, 1.54) is 38.3 Å². The SMILES string of the molecule is CCCOc1cc(OCCCCN(C)C)cc(Oc2cc3c(cc2NS(=O)(=O)c2cccc(C(=O)N[C@H]4C[C@@H](Oc5cc(-c6cnn([C@H](C(=O)N7C[C@H](O)C[C@H]7C(=O)N[C@@H](C)c7ccc(-c8scnc8C)cc7)C(C)(C)C)c6)ccn5)C4)c2)n(C)c(=O)n3C)c1. The first kappa shape index (κ1) is 64.4. The molecular weight excluding hydrogens is 1190 g/mol. The molecule has 4 aromatic carbocycles. The van der Waals surface area contributed by atoms with Crippen molar-refractivity contribution in [3.63, 3.8) is 0 Å². The molecule has 3 amide bonds. The maximum absolute atomic E-state index is 14.7. The van der Waals surface area contributed by atoms with Crippen molar-refractivity contribution < 1.29 is 46.9 Å². The van der Waals surface area contributed by atoms with Gasteiger partial charge < -0.3 is 44.5 Å². The van der Waals surface area contributed by atoms with Crippen LogP contribution in [0, 0.1) is 12.3 Å². The zero-order chi connectivity index (χ0) is 64.2. The van der Waals surface area contributed by atoms with Crippen LogP contribution in [0.5, 0.6) is 28.9 Å². The number of aliphatic hydroxyl groups excluding tert-OH is 1. The number of aryl methyl sites for hydroxylation is 3. The third kappa shape index (κ3) is 14.8. The molecule has 2 aliphatic rings. The van der Waals surface area contributed by atoms with Crippen LogP contribution in [0.2, 0.25) is 0 Å². The number of benzene rings is 4. The number of hydrogen-bond acceptors (Lipinski definition) is 16. The number of anilines is 1. The van der Waals surface area contributed by atoms with Crippen LogP contribution in [0.25, 0.3) is 32.6 Å². The van der Waals surface area contributed by atoms with E-state index < -0.39 is 39.5 Å². The molecule has 5 heterocycles. The Morgan fingerprint density at radius 2 is 1.57 bits per heavy atom. The summed E-state index contributed by atoms with van der Waals surface area (Å²) in [5, 5.41) is 21.7. The van der Waals surface area contributed by atoms with Crippen LogP contribution >= 0.6 is 11.3 Å². The highest BCUT2D eigenvalue weighted by molar-refractivity contribution is 7.92. The minimum atomic E-state index is -4.38. The van der Waals surface area contributed by atoms with Gasteiger partial charge in [-0.3, -0.25) is 32.9 Å². The highest BCUT2D eigenvalue weighted by atomic mass is 32.2. The lowest BCUT2D eigenvalue weighted by molar-refractivity contribution is -0.144. The second-order valence-electron chi connectivity index (χ2n) is 24.6. The Kier molecular flexibility index (Phi) is 19.5. The third-order valence-electron chi connectivity index (χ3n) is 16.2. The lowest BCUT2D eigenvalue weighted by Gasteiger charge is -2.35. The Morgan fingerprint density at radius 1 is 0.856 bits per heavy atom. The molecule has 1 aliphatic carbocycles. The Labute approximate surface area is 528 Å². The molecule has 0 radical (unpaired) electrons. The first-order valence-electron chi connectivity index (χ1n) is 30.3. The number of fused-ring (bicyclic) bond motifs is 1. The van der Waals surface area contributed by atoms with Gasteiger partial charge >= 0.3 is 5.69 Å². The predicted molar refractivity (Wildman–Crippen MR) is 345 cm³/mol. The number of hydrogen-bond donors (Lipinski definition) is 4. The number of unbranched alkanes of at least 4 members (excludes halogenated alkanes) is 1. The maximum Gasteiger partial charge on any atom is 0.328 e. The number of carbonyl (C=O) groups is 3. The average Bonchev–Trinajstić information content (AvgIpc) is 1.59. The summed E-state index contributed by atoms with van der Waals surface area (Å²) in [6.45, 7) is 13.5. The Hall–Kier alpha value is -8.58. The fraction of sp³-hybridized carbons (Fsp3) is 0.409. The molecule has 1 saturated carbocycles. The van der Waals surface area contributed by atoms with E-state index in [-0.39, 0.29) is 70.6 Å². The van der Waals surface area contributed by atoms with Crippen molar-refractivity contribution in [2.45, 2.75) is 121 Å². The van der Waals surface area contributed by atoms with Gasteiger partial charge in [0.1, 0.15) is 35.4 Å². The first-order valence-corrected chi connectivity index (χ1v) is 32.6. The fourth-order valence-electron chi connectivity index (χ4n) is 11.3. The molecule has 0 unspecified atom stereocenters. The van der Waals surface area contributed by atoms with Crippen LogP contribution in [-0.4, -0.2) is 135 Å². The van der Waals surface area contributed by atoms with Crippen molar-refractivity contribution in [3.8, 4) is 50.4 Å². The van der Waals surface area contributed by atoms with E-state index in [9.17, 15) is 32.7 Å². The van der Waals surface area contributed by atoms with Crippen molar-refractivity contribution >= 4 is 55.8 Å². The van der Waals surface area contributed by atoms with Crippen molar-refractivity contribution in [2.75, 3.05) is 45.1 Å². The van der Waals surface area contributed by atoms with Crippen molar-refractivity contribution in [3.05, 3.63) is 142 Å². The van der Waals surface area contributed by atoms with E-state index in [2.05, 4.69) is 35.3 Å². The number of sulfonamides is 1. The number of likely N-dealkylation sites (tertiary alicyclic amines) is 1. The van der Waals surface area contributed by atoms with E-state index in [4.69, 9.17) is 18.9 Å². The van der Waals surface area contributed by atoms with E-state index in [0.29, 0.717) is 65.8 Å². The Morgan fingerprint density at radius 3 is 2.26 bits per heavy atom. The summed E-state index contributed by atoms with van der Waals surface area (Å²) in [4.78, 5) is 68.9. The Balaban J connectivity index is 0.765. The largest absolute Gasteiger partial charge is 0.493 e. The van der Waals surface area contributed by atoms with Gasteiger partial charge in [-0.15, -0.1) is 11.3 Å². The summed E-state index contributed by atoms with van der Waals surface area (Å²) in [5.41, 5.74) is 6.29. The van der Waals surface area contributed by atoms with Gasteiger partial charge in [-0.05, 0) is 106 Å². The average molecular weight is 1270 g/mol. The summed E-state index contributed by atoms with van der Waals surface area (Å²) in [6.07, 6.45) is 7.45. The van der Waals surface area contributed by atoms with Crippen molar-refractivity contribution in [1.82, 2.24) is 49.3 Å². The molecule has 1 aliphatic heterocycles. The minimum Gasteiger partial charge on any atom is -0.493 e. The molecule has 22 nitrogen and oxygen atoms in total. The third-order valence-corrected chi connectivity index (χ3v) is 18.5. The molecule has 10 rings (SSSR count). The molecule has 8 aromatic rings. The summed E-state index contributed by atoms with van der Waals surface area (Å²) >= 11 is 1.57. The van der Waals surface area contributed by atoms with Gasteiger partial charge in [0.2, 0.25) is 17.7 Å². The summed E-state index contributed by atoms with van der Waals surface area (Å²) in [5.74, 6) is 0.632. The number of aliphatic hydroxyl groups is 1. The van der Waals surface area contributed by atoms with E-state index in [1.54, 1.807) is 85.1 Å². The number of nitrogens with one attached hydrogen (secondary N) is 3. The van der Waals surface area contributed by atoms with Crippen LogP contribution in [0.15, 0.2) is 125 Å². The van der Waals surface area contributed by atoms with Crippen LogP contribution in [-0.2, 0) is 33.7 Å². The van der Waals surface area contributed by atoms with Crippen molar-refractivity contribution in [1.29, 1.82) is 0 Å². The van der Waals surface area contributed by atoms with Crippen LogP contribution < -0.4 is 40.0 Å². The fourth-order valence-corrected chi connectivity index (χ4v) is 13.2. The minimum absolute atomic E-state index is 0.00162. The molecule has 24 heteroatoms. The van der Waals surface area contributed by atoms with E-state index >= 15 is 0 Å². The molecule has 4 atom stereocenters. The number of thiazole rings is 1. The molecule has 4 N–H and O–H groups in total.